The molecule has 0 radical (unpaired) electrons. The zero-order valence-corrected chi connectivity index (χ0v) is 26.4. The van der Waals surface area contributed by atoms with Crippen LogP contribution in [-0.2, 0) is 22.4 Å². The number of carbonyl (C=O) groups is 1. The lowest BCUT2D eigenvalue weighted by Crippen LogP contribution is -2.54. The van der Waals surface area contributed by atoms with Crippen molar-refractivity contribution in [2.45, 2.75) is 30.9 Å². The third-order valence-corrected chi connectivity index (χ3v) is 8.20. The number of azide groups is 1. The van der Waals surface area contributed by atoms with Crippen molar-refractivity contribution in [3.63, 3.8) is 0 Å². The Hall–Kier alpha value is -4.74. The summed E-state index contributed by atoms with van der Waals surface area (Å²) in [5, 5.41) is 12.9. The van der Waals surface area contributed by atoms with Crippen molar-refractivity contribution >= 4 is 33.4 Å². The summed E-state index contributed by atoms with van der Waals surface area (Å²) in [7, 11) is 0. The number of nitrogens with one attached hydrogen (secondary N) is 2. The van der Waals surface area contributed by atoms with Crippen LogP contribution in [0.25, 0.3) is 10.4 Å². The van der Waals surface area contributed by atoms with Crippen LogP contribution in [0.15, 0.2) is 112 Å². The second-order valence-electron chi connectivity index (χ2n) is 10.6. The van der Waals surface area contributed by atoms with Gasteiger partial charge in [0.1, 0.15) is 11.6 Å². The summed E-state index contributed by atoms with van der Waals surface area (Å²) in [6, 6.07) is 27.8. The highest BCUT2D eigenvalue weighted by Crippen LogP contribution is 2.45. The second kappa shape index (κ2) is 15.5. The predicted molar refractivity (Wildman–Crippen MR) is 176 cm³/mol. The van der Waals surface area contributed by atoms with Gasteiger partial charge in [0, 0.05) is 52.2 Å². The highest BCUT2D eigenvalue weighted by molar-refractivity contribution is 9.10. The fourth-order valence-corrected chi connectivity index (χ4v) is 5.65. The summed E-state index contributed by atoms with van der Waals surface area (Å²) in [5.74, 6) is 0.105. The molecule has 0 unspecified atom stereocenters. The van der Waals surface area contributed by atoms with Crippen LogP contribution < -0.4 is 15.6 Å². The van der Waals surface area contributed by atoms with Crippen molar-refractivity contribution in [3.8, 4) is 5.75 Å². The molecular weight excluding hydrogens is 655 g/mol. The maximum atomic E-state index is 14.4. The minimum absolute atomic E-state index is 0.0349. The maximum absolute atomic E-state index is 14.4. The number of rotatable bonds is 14. The van der Waals surface area contributed by atoms with Crippen LogP contribution in [0.5, 0.6) is 5.75 Å². The number of hydrogen-bond acceptors (Lipinski definition) is 7. The Kier molecular flexibility index (Phi) is 11.0. The molecule has 236 valence electrons. The van der Waals surface area contributed by atoms with E-state index in [4.69, 9.17) is 19.6 Å². The molecule has 0 spiro atoms. The SMILES string of the molecule is [N-]=[N+]=Nc1ccccc1C[C@]1(C(=O)NNCCc2ccc(F)cc2)N=C(c2ccc(OCCCO)cc2)O[C@H]1c1ccccc1Br. The maximum Gasteiger partial charge on any atom is 0.266 e. The second-order valence-corrected chi connectivity index (χ2v) is 11.4. The van der Waals surface area contributed by atoms with Crippen molar-refractivity contribution in [3.05, 3.63) is 140 Å². The molecule has 1 aliphatic heterocycles. The van der Waals surface area contributed by atoms with Gasteiger partial charge in [0.25, 0.3) is 5.91 Å². The first-order chi connectivity index (χ1) is 22.4. The lowest BCUT2D eigenvalue weighted by molar-refractivity contribution is -0.130. The van der Waals surface area contributed by atoms with E-state index in [9.17, 15) is 14.7 Å². The minimum atomic E-state index is -1.54. The normalized spacial score (nSPS) is 17.0. The molecule has 10 nitrogen and oxygen atoms in total. The molecule has 0 aliphatic carbocycles. The molecule has 1 amide bonds. The molecule has 5 rings (SSSR count). The Balaban J connectivity index is 1.52. The number of hydrogen-bond donors (Lipinski definition) is 3. The van der Waals surface area contributed by atoms with Crippen LogP contribution in [0.1, 0.15) is 34.8 Å². The first kappa shape index (κ1) is 32.6. The highest BCUT2D eigenvalue weighted by Gasteiger charge is 2.54. The lowest BCUT2D eigenvalue weighted by Gasteiger charge is -2.31. The van der Waals surface area contributed by atoms with Gasteiger partial charge in [-0.05, 0) is 65.5 Å². The number of hydrazine groups is 1. The molecule has 0 aromatic heterocycles. The van der Waals surface area contributed by atoms with Gasteiger partial charge in [-0.25, -0.2) is 14.8 Å². The van der Waals surface area contributed by atoms with Gasteiger partial charge in [0.15, 0.2) is 11.6 Å². The Morgan fingerprint density at radius 3 is 2.54 bits per heavy atom. The first-order valence-electron chi connectivity index (χ1n) is 14.7. The van der Waals surface area contributed by atoms with Crippen LogP contribution in [-0.4, -0.2) is 42.2 Å². The van der Waals surface area contributed by atoms with Crippen LogP contribution in [0.4, 0.5) is 10.1 Å². The van der Waals surface area contributed by atoms with Crippen molar-refractivity contribution in [1.29, 1.82) is 0 Å². The first-order valence-corrected chi connectivity index (χ1v) is 15.5. The largest absolute Gasteiger partial charge is 0.494 e. The third-order valence-electron chi connectivity index (χ3n) is 7.48. The average Bonchev–Trinajstić information content (AvgIpc) is 3.45. The molecule has 12 heteroatoms. The quantitative estimate of drug-likeness (QED) is 0.0448. The van der Waals surface area contributed by atoms with Crippen molar-refractivity contribution < 1.29 is 23.8 Å². The Labute approximate surface area is 274 Å². The van der Waals surface area contributed by atoms with Gasteiger partial charge in [-0.1, -0.05) is 75.6 Å². The Morgan fingerprint density at radius 2 is 1.80 bits per heavy atom. The molecule has 4 aromatic carbocycles. The molecule has 0 saturated carbocycles. The number of halogens is 2. The van der Waals surface area contributed by atoms with E-state index in [1.165, 1.54) is 12.1 Å². The number of carbonyl (C=O) groups excluding carboxylic acids is 1. The molecule has 1 heterocycles. The summed E-state index contributed by atoms with van der Waals surface area (Å²) < 4.78 is 26.3. The number of ether oxygens (including phenoxy) is 2. The topological polar surface area (TPSA) is 141 Å². The molecule has 4 aromatic rings. The van der Waals surface area contributed by atoms with E-state index in [1.807, 2.05) is 30.3 Å². The zero-order chi connectivity index (χ0) is 32.4. The molecule has 46 heavy (non-hydrogen) atoms. The number of aliphatic imine (C=N–C) groups is 1. The molecular formula is C34H32BrFN6O4. The number of aliphatic hydroxyl groups is 1. The average molecular weight is 688 g/mol. The number of aliphatic hydroxyl groups excluding tert-OH is 1. The Morgan fingerprint density at radius 1 is 1.07 bits per heavy atom. The van der Waals surface area contributed by atoms with Gasteiger partial charge >= 0.3 is 0 Å². The van der Waals surface area contributed by atoms with Crippen molar-refractivity contribution in [1.82, 2.24) is 10.9 Å². The Bertz CT molecular complexity index is 1730. The summed E-state index contributed by atoms with van der Waals surface area (Å²) in [6.07, 6.45) is 0.221. The van der Waals surface area contributed by atoms with Gasteiger partial charge in [-0.2, -0.15) is 0 Å². The molecule has 1 aliphatic rings. The smallest absolute Gasteiger partial charge is 0.266 e. The van der Waals surface area contributed by atoms with Gasteiger partial charge in [-0.3, -0.25) is 10.2 Å². The van der Waals surface area contributed by atoms with Crippen LogP contribution in [0, 0.1) is 5.82 Å². The standard InChI is InChI=1S/C34H32BrFN6O4/c35-29-8-3-2-7-28(29)31-34(22-25-6-1-4-9-30(25)40-42-37,33(44)41-38-19-18-23-10-14-26(36)15-11-23)39-32(46-31)24-12-16-27(17-13-24)45-21-5-20-43/h1-4,6-17,31,38,43H,5,18-22H2,(H,41,44)/t31-,34-/m0/s1. The number of nitrogens with zero attached hydrogens (tertiary/aromatic N) is 4. The van der Waals surface area contributed by atoms with Crippen LogP contribution in [0.3, 0.4) is 0 Å². The zero-order valence-electron chi connectivity index (χ0n) is 24.8. The van der Waals surface area contributed by atoms with Gasteiger partial charge in [0.05, 0.1) is 6.61 Å². The van der Waals surface area contributed by atoms with E-state index < -0.39 is 17.6 Å². The highest BCUT2D eigenvalue weighted by atomic mass is 79.9. The monoisotopic (exact) mass is 686 g/mol. The molecule has 0 saturated heterocycles. The molecule has 2 atom stereocenters. The van der Waals surface area contributed by atoms with E-state index >= 15 is 0 Å². The fourth-order valence-electron chi connectivity index (χ4n) is 5.15. The van der Waals surface area contributed by atoms with E-state index in [0.29, 0.717) is 54.1 Å². The fraction of sp³-hybridized carbons (Fsp3) is 0.235. The van der Waals surface area contributed by atoms with Crippen LogP contribution >= 0.6 is 15.9 Å². The third kappa shape index (κ3) is 7.72. The van der Waals surface area contributed by atoms with E-state index in [2.05, 4.69) is 36.8 Å². The molecule has 0 bridgehead atoms. The van der Waals surface area contributed by atoms with Gasteiger partial charge in [-0.15, -0.1) is 0 Å². The summed E-state index contributed by atoms with van der Waals surface area (Å²) >= 11 is 3.64. The van der Waals surface area contributed by atoms with E-state index in [1.54, 1.807) is 54.6 Å². The summed E-state index contributed by atoms with van der Waals surface area (Å²) in [6.45, 7) is 0.782. The predicted octanol–water partition coefficient (Wildman–Crippen LogP) is 6.65. The summed E-state index contributed by atoms with van der Waals surface area (Å²) in [5.41, 5.74) is 16.8. The minimum Gasteiger partial charge on any atom is -0.494 e. The van der Waals surface area contributed by atoms with E-state index in [0.717, 1.165) is 10.0 Å². The van der Waals surface area contributed by atoms with Crippen LogP contribution in [0.2, 0.25) is 0 Å². The van der Waals surface area contributed by atoms with Gasteiger partial charge in [0.2, 0.25) is 5.90 Å². The van der Waals surface area contributed by atoms with Gasteiger partial charge < -0.3 is 14.6 Å². The summed E-state index contributed by atoms with van der Waals surface area (Å²) in [4.78, 5) is 22.4. The number of benzene rings is 4. The van der Waals surface area contributed by atoms with Crippen molar-refractivity contribution in [2.75, 3.05) is 19.8 Å². The molecule has 3 N–H and O–H groups in total. The van der Waals surface area contributed by atoms with E-state index in [-0.39, 0.29) is 24.7 Å². The lowest BCUT2D eigenvalue weighted by atomic mass is 9.81. The molecule has 0 fully saturated rings. The van der Waals surface area contributed by atoms with Crippen molar-refractivity contribution in [2.24, 2.45) is 10.1 Å². The number of amides is 1.